The highest BCUT2D eigenvalue weighted by atomic mass is 16.4. The van der Waals surface area contributed by atoms with Crippen molar-refractivity contribution in [2.24, 2.45) is 0 Å². The number of oxazole rings is 1. The van der Waals surface area contributed by atoms with Crippen LogP contribution in [0.25, 0.3) is 22.7 Å². The molecule has 0 radical (unpaired) electrons. The average Bonchev–Trinajstić information content (AvgIpc) is 2.82. The number of carbonyl (C=O) groups is 1. The first kappa shape index (κ1) is 10.5. The molecule has 3 rings (SSSR count). The summed E-state index contributed by atoms with van der Waals surface area (Å²) in [6.45, 7) is 0. The van der Waals surface area contributed by atoms with Gasteiger partial charge < -0.3 is 9.52 Å². The Balaban J connectivity index is 2.06. The molecule has 1 N–H and O–H groups in total. The summed E-state index contributed by atoms with van der Waals surface area (Å²) in [6, 6.07) is 10.4. The standard InChI is InChI=1S/C13H8N2O3/c16-13(17)8-5-6-10(14-7-8)12-15-9-3-1-2-4-11(9)18-12/h1-7H,(H,16,17). The molecule has 0 aliphatic carbocycles. The molecule has 5 nitrogen and oxygen atoms in total. The largest absolute Gasteiger partial charge is 0.478 e. The summed E-state index contributed by atoms with van der Waals surface area (Å²) >= 11 is 0. The van der Waals surface area contributed by atoms with Gasteiger partial charge in [-0.25, -0.2) is 9.78 Å². The van der Waals surface area contributed by atoms with Gasteiger partial charge in [0.1, 0.15) is 11.2 Å². The molecule has 5 heteroatoms. The van der Waals surface area contributed by atoms with Crippen molar-refractivity contribution in [3.63, 3.8) is 0 Å². The van der Waals surface area contributed by atoms with Gasteiger partial charge in [0.2, 0.25) is 5.89 Å². The smallest absolute Gasteiger partial charge is 0.337 e. The van der Waals surface area contributed by atoms with Gasteiger partial charge in [-0.05, 0) is 24.3 Å². The number of nitrogens with zero attached hydrogens (tertiary/aromatic N) is 2. The average molecular weight is 240 g/mol. The van der Waals surface area contributed by atoms with Gasteiger partial charge in [0.15, 0.2) is 5.58 Å². The molecule has 88 valence electrons. The van der Waals surface area contributed by atoms with E-state index in [1.807, 2.05) is 24.3 Å². The van der Waals surface area contributed by atoms with E-state index in [0.717, 1.165) is 5.52 Å². The van der Waals surface area contributed by atoms with E-state index < -0.39 is 5.97 Å². The summed E-state index contributed by atoms with van der Waals surface area (Å²) in [7, 11) is 0. The highest BCUT2D eigenvalue weighted by molar-refractivity contribution is 5.87. The summed E-state index contributed by atoms with van der Waals surface area (Å²) in [5.74, 6) is -0.625. The van der Waals surface area contributed by atoms with Crippen molar-refractivity contribution in [2.45, 2.75) is 0 Å². The summed E-state index contributed by atoms with van der Waals surface area (Å²) in [4.78, 5) is 19.0. The molecule has 0 atom stereocenters. The Kier molecular flexibility index (Phi) is 2.30. The van der Waals surface area contributed by atoms with Gasteiger partial charge in [0.25, 0.3) is 0 Å². The number of para-hydroxylation sites is 2. The third-order valence-corrected chi connectivity index (χ3v) is 2.52. The topological polar surface area (TPSA) is 76.2 Å². The van der Waals surface area contributed by atoms with E-state index in [0.29, 0.717) is 17.2 Å². The zero-order chi connectivity index (χ0) is 12.5. The monoisotopic (exact) mass is 240 g/mol. The van der Waals surface area contributed by atoms with Gasteiger partial charge in [-0.2, -0.15) is 0 Å². The highest BCUT2D eigenvalue weighted by Crippen LogP contribution is 2.22. The fourth-order valence-electron chi connectivity index (χ4n) is 1.63. The van der Waals surface area contributed by atoms with Crippen molar-refractivity contribution < 1.29 is 14.3 Å². The Hall–Kier alpha value is -2.69. The first-order chi connectivity index (χ1) is 8.74. The second-order valence-corrected chi connectivity index (χ2v) is 3.72. The van der Waals surface area contributed by atoms with Crippen LogP contribution in [0.1, 0.15) is 10.4 Å². The van der Waals surface area contributed by atoms with E-state index >= 15 is 0 Å². The lowest BCUT2D eigenvalue weighted by Crippen LogP contribution is -1.97. The SMILES string of the molecule is O=C(O)c1ccc(-c2nc3ccccc3o2)nc1. The quantitative estimate of drug-likeness (QED) is 0.745. The minimum absolute atomic E-state index is 0.134. The lowest BCUT2D eigenvalue weighted by atomic mass is 10.2. The van der Waals surface area contributed by atoms with Gasteiger partial charge in [-0.15, -0.1) is 0 Å². The van der Waals surface area contributed by atoms with Crippen LogP contribution in [0.2, 0.25) is 0 Å². The number of aromatic carboxylic acids is 1. The molecular formula is C13H8N2O3. The second-order valence-electron chi connectivity index (χ2n) is 3.72. The van der Waals surface area contributed by atoms with Crippen LogP contribution in [0.4, 0.5) is 0 Å². The third kappa shape index (κ3) is 1.71. The number of hydrogen-bond donors (Lipinski definition) is 1. The summed E-state index contributed by atoms with van der Waals surface area (Å²) in [5.41, 5.74) is 2.07. The number of benzene rings is 1. The molecule has 0 fully saturated rings. The van der Waals surface area contributed by atoms with Crippen LogP contribution in [0.15, 0.2) is 47.0 Å². The summed E-state index contributed by atoms with van der Waals surface area (Å²) in [6.07, 6.45) is 1.28. The van der Waals surface area contributed by atoms with Crippen molar-refractivity contribution in [1.82, 2.24) is 9.97 Å². The molecule has 0 amide bonds. The number of pyridine rings is 1. The number of rotatable bonds is 2. The Morgan fingerprint density at radius 3 is 2.67 bits per heavy atom. The van der Waals surface area contributed by atoms with E-state index in [4.69, 9.17) is 9.52 Å². The maximum atomic E-state index is 10.7. The molecule has 2 aromatic heterocycles. The Bertz CT molecular complexity index is 683. The van der Waals surface area contributed by atoms with Crippen LogP contribution in [0, 0.1) is 0 Å². The second kappa shape index (κ2) is 3.96. The van der Waals surface area contributed by atoms with Crippen molar-refractivity contribution >= 4 is 17.1 Å². The Morgan fingerprint density at radius 1 is 1.17 bits per heavy atom. The molecule has 3 aromatic rings. The van der Waals surface area contributed by atoms with Crippen LogP contribution < -0.4 is 0 Å². The van der Waals surface area contributed by atoms with Gasteiger partial charge in [0, 0.05) is 6.20 Å². The molecular weight excluding hydrogens is 232 g/mol. The van der Waals surface area contributed by atoms with Gasteiger partial charge >= 0.3 is 5.97 Å². The van der Waals surface area contributed by atoms with Gasteiger partial charge in [-0.3, -0.25) is 4.98 Å². The van der Waals surface area contributed by atoms with Crippen molar-refractivity contribution in [3.8, 4) is 11.6 Å². The number of hydrogen-bond acceptors (Lipinski definition) is 4. The van der Waals surface area contributed by atoms with Crippen LogP contribution in [-0.4, -0.2) is 21.0 Å². The van der Waals surface area contributed by atoms with E-state index in [1.165, 1.54) is 12.3 Å². The first-order valence-corrected chi connectivity index (χ1v) is 5.29. The van der Waals surface area contributed by atoms with E-state index in [1.54, 1.807) is 6.07 Å². The third-order valence-electron chi connectivity index (χ3n) is 2.52. The van der Waals surface area contributed by atoms with Crippen LogP contribution in [0.3, 0.4) is 0 Å². The Labute approximate surface area is 102 Å². The minimum atomic E-state index is -1.01. The summed E-state index contributed by atoms with van der Waals surface area (Å²) < 4.78 is 5.53. The lowest BCUT2D eigenvalue weighted by Gasteiger charge is -1.95. The fourth-order valence-corrected chi connectivity index (χ4v) is 1.63. The zero-order valence-electron chi connectivity index (χ0n) is 9.20. The van der Waals surface area contributed by atoms with Crippen LogP contribution in [-0.2, 0) is 0 Å². The molecule has 0 unspecified atom stereocenters. The zero-order valence-corrected chi connectivity index (χ0v) is 9.20. The predicted molar refractivity (Wildman–Crippen MR) is 64.2 cm³/mol. The van der Waals surface area contributed by atoms with E-state index in [2.05, 4.69) is 9.97 Å². The van der Waals surface area contributed by atoms with E-state index in [-0.39, 0.29) is 5.56 Å². The molecule has 2 heterocycles. The van der Waals surface area contributed by atoms with Crippen LogP contribution >= 0.6 is 0 Å². The molecule has 0 bridgehead atoms. The maximum absolute atomic E-state index is 10.7. The van der Waals surface area contributed by atoms with Crippen LogP contribution in [0.5, 0.6) is 0 Å². The molecule has 0 saturated heterocycles. The number of fused-ring (bicyclic) bond motifs is 1. The molecule has 18 heavy (non-hydrogen) atoms. The highest BCUT2D eigenvalue weighted by Gasteiger charge is 2.10. The normalized spacial score (nSPS) is 10.7. The maximum Gasteiger partial charge on any atom is 0.337 e. The summed E-state index contributed by atoms with van der Waals surface area (Å²) in [5, 5.41) is 8.78. The molecule has 0 spiro atoms. The van der Waals surface area contributed by atoms with Crippen molar-refractivity contribution in [2.75, 3.05) is 0 Å². The van der Waals surface area contributed by atoms with E-state index in [9.17, 15) is 4.79 Å². The predicted octanol–water partition coefficient (Wildman–Crippen LogP) is 2.59. The number of aromatic nitrogens is 2. The molecule has 0 saturated carbocycles. The first-order valence-electron chi connectivity index (χ1n) is 5.29. The fraction of sp³-hybridized carbons (Fsp3) is 0. The molecule has 0 aliphatic heterocycles. The molecule has 0 aliphatic rings. The number of carboxylic acids is 1. The van der Waals surface area contributed by atoms with Gasteiger partial charge in [0.05, 0.1) is 5.56 Å². The van der Waals surface area contributed by atoms with Gasteiger partial charge in [-0.1, -0.05) is 12.1 Å². The van der Waals surface area contributed by atoms with Crippen molar-refractivity contribution in [1.29, 1.82) is 0 Å². The minimum Gasteiger partial charge on any atom is -0.478 e. The van der Waals surface area contributed by atoms with Crippen molar-refractivity contribution in [3.05, 3.63) is 48.2 Å². The Morgan fingerprint density at radius 2 is 2.00 bits per heavy atom. The molecule has 1 aromatic carbocycles. The number of carboxylic acid groups (broad SMARTS) is 1. The lowest BCUT2D eigenvalue weighted by molar-refractivity contribution is 0.0696.